The topological polar surface area (TPSA) is 0 Å². The van der Waals surface area contributed by atoms with Gasteiger partial charge in [0.2, 0.25) is 0 Å². The van der Waals surface area contributed by atoms with Crippen molar-refractivity contribution >= 4 is 56.0 Å². The van der Waals surface area contributed by atoms with Gasteiger partial charge in [-0.25, -0.2) is 0 Å². The molecule has 0 atom stereocenters. The van der Waals surface area contributed by atoms with E-state index < -0.39 is 6.00 Å². The number of hydrogen-bond acceptors (Lipinski definition) is 0. The van der Waals surface area contributed by atoms with E-state index in [-0.39, 0.29) is 0 Å². The molecule has 0 amide bonds. The van der Waals surface area contributed by atoms with Crippen LogP contribution in [0.4, 0.5) is 0 Å². The molecule has 0 radical (unpaired) electrons. The van der Waals surface area contributed by atoms with E-state index >= 15 is 0 Å². The van der Waals surface area contributed by atoms with Crippen LogP contribution in [0.25, 0.3) is 0 Å². The van der Waals surface area contributed by atoms with Crippen LogP contribution in [0.3, 0.4) is 0 Å². The molecule has 60 valence electrons. The Labute approximate surface area is 85.1 Å². The Morgan fingerprint density at radius 3 is 2.09 bits per heavy atom. The van der Waals surface area contributed by atoms with Crippen LogP contribution in [0, 0.1) is 0 Å². The summed E-state index contributed by atoms with van der Waals surface area (Å²) in [6, 6.07) is 4.23. The van der Waals surface area contributed by atoms with Gasteiger partial charge in [-0.15, -0.1) is 33.2 Å². The van der Waals surface area contributed by atoms with E-state index in [1.54, 1.807) is 24.3 Å². The van der Waals surface area contributed by atoms with Gasteiger partial charge >= 0.3 is 6.00 Å². The second-order valence-electron chi connectivity index (χ2n) is 2.01. The van der Waals surface area contributed by atoms with Crippen LogP contribution in [0.2, 0.25) is 5.02 Å². The lowest BCUT2D eigenvalue weighted by Gasteiger charge is -2.07. The zero-order chi connectivity index (χ0) is 8.48. The Morgan fingerprint density at radius 2 is 1.73 bits per heavy atom. The maximum atomic E-state index is 5.74. The fourth-order valence-electron chi connectivity index (χ4n) is 0.665. The van der Waals surface area contributed by atoms with E-state index in [0.717, 1.165) is 5.19 Å². The Kier molecular flexibility index (Phi) is 3.12. The van der Waals surface area contributed by atoms with Crippen LogP contribution in [-0.4, -0.2) is 6.00 Å². The van der Waals surface area contributed by atoms with Crippen LogP contribution < -0.4 is 5.19 Å². The average Bonchev–Trinajstić information content (AvgIpc) is 1.86. The fourth-order valence-corrected chi connectivity index (χ4v) is 2.61. The maximum absolute atomic E-state index is 5.74. The highest BCUT2D eigenvalue weighted by atomic mass is 35.8. The SMILES string of the molecule is Clc1cccc([Si](Cl)(Cl)Cl)c1. The van der Waals surface area contributed by atoms with E-state index in [1.165, 1.54) is 0 Å². The van der Waals surface area contributed by atoms with E-state index in [2.05, 4.69) is 0 Å². The van der Waals surface area contributed by atoms with E-state index in [9.17, 15) is 0 Å². The lowest BCUT2D eigenvalue weighted by molar-refractivity contribution is 1.76. The van der Waals surface area contributed by atoms with Crippen LogP contribution in [-0.2, 0) is 0 Å². The largest absolute Gasteiger partial charge is 0.372 e. The second-order valence-corrected chi connectivity index (χ2v) is 10.9. The highest BCUT2D eigenvalue weighted by Crippen LogP contribution is 2.20. The first-order valence-corrected chi connectivity index (χ1v) is 8.24. The summed E-state index contributed by atoms with van der Waals surface area (Å²) in [5.41, 5.74) is 0. The highest BCUT2D eigenvalue weighted by molar-refractivity contribution is 7.69. The summed E-state index contributed by atoms with van der Waals surface area (Å²) in [6.45, 7) is 0. The molecule has 0 aromatic heterocycles. The first-order chi connectivity index (χ1) is 5.00. The maximum Gasteiger partial charge on any atom is 0.372 e. The number of hydrogen-bond donors (Lipinski definition) is 0. The molecule has 0 aliphatic heterocycles. The molecule has 0 nitrogen and oxygen atoms in total. The molecule has 0 N–H and O–H groups in total. The molecule has 0 saturated heterocycles. The molecular weight excluding hydrogens is 242 g/mol. The van der Waals surface area contributed by atoms with Crippen molar-refractivity contribution in [3.8, 4) is 0 Å². The average molecular weight is 246 g/mol. The quantitative estimate of drug-likeness (QED) is 0.527. The normalized spacial score (nSPS) is 11.6. The van der Waals surface area contributed by atoms with Gasteiger partial charge in [-0.3, -0.25) is 0 Å². The molecule has 0 fully saturated rings. The first kappa shape index (κ1) is 9.68. The third kappa shape index (κ3) is 2.84. The monoisotopic (exact) mass is 244 g/mol. The van der Waals surface area contributed by atoms with Crippen molar-refractivity contribution < 1.29 is 0 Å². The fraction of sp³-hybridized carbons (Fsp3) is 0. The van der Waals surface area contributed by atoms with E-state index in [1.807, 2.05) is 0 Å². The van der Waals surface area contributed by atoms with Crippen molar-refractivity contribution in [1.82, 2.24) is 0 Å². The third-order valence-electron chi connectivity index (χ3n) is 1.15. The molecule has 1 aromatic rings. The molecule has 0 unspecified atom stereocenters. The molecule has 0 bridgehead atoms. The van der Waals surface area contributed by atoms with Crippen LogP contribution in [0.15, 0.2) is 24.3 Å². The van der Waals surface area contributed by atoms with Gasteiger partial charge in [0.05, 0.1) is 0 Å². The summed E-state index contributed by atoms with van der Waals surface area (Å²) in [5, 5.41) is 1.32. The summed E-state index contributed by atoms with van der Waals surface area (Å²) in [6.07, 6.45) is 0. The van der Waals surface area contributed by atoms with Gasteiger partial charge in [-0.05, 0) is 17.3 Å². The van der Waals surface area contributed by atoms with Gasteiger partial charge in [0.1, 0.15) is 0 Å². The molecule has 5 heteroatoms. The Morgan fingerprint density at radius 1 is 1.09 bits per heavy atom. The summed E-state index contributed by atoms with van der Waals surface area (Å²) >= 11 is 22.9. The van der Waals surface area contributed by atoms with Crippen molar-refractivity contribution in [3.63, 3.8) is 0 Å². The number of halogens is 4. The lowest BCUT2D eigenvalue weighted by atomic mass is 10.4. The molecule has 0 spiro atoms. The number of rotatable bonds is 1. The molecule has 0 saturated carbocycles. The van der Waals surface area contributed by atoms with Gasteiger partial charge in [-0.1, -0.05) is 23.7 Å². The first-order valence-electron chi connectivity index (χ1n) is 2.83. The van der Waals surface area contributed by atoms with Crippen molar-refractivity contribution in [2.45, 2.75) is 0 Å². The van der Waals surface area contributed by atoms with Gasteiger partial charge < -0.3 is 0 Å². The van der Waals surface area contributed by atoms with Crippen LogP contribution in [0.5, 0.6) is 0 Å². The minimum absolute atomic E-state index is 0.598. The third-order valence-corrected chi connectivity index (χ3v) is 4.32. The molecule has 11 heavy (non-hydrogen) atoms. The van der Waals surface area contributed by atoms with Crippen molar-refractivity contribution in [2.75, 3.05) is 0 Å². The zero-order valence-corrected chi connectivity index (χ0v) is 9.34. The Hall–Kier alpha value is 0.597. The molecular formula is C6H4Cl4Si. The molecule has 0 aliphatic rings. The van der Waals surface area contributed by atoms with Crippen molar-refractivity contribution in [2.24, 2.45) is 0 Å². The zero-order valence-electron chi connectivity index (χ0n) is 5.32. The van der Waals surface area contributed by atoms with Crippen molar-refractivity contribution in [3.05, 3.63) is 29.3 Å². The van der Waals surface area contributed by atoms with Gasteiger partial charge in [0.15, 0.2) is 0 Å². The molecule has 1 aromatic carbocycles. The molecule has 0 heterocycles. The predicted molar refractivity (Wildman–Crippen MR) is 54.4 cm³/mol. The minimum atomic E-state index is -2.73. The minimum Gasteiger partial charge on any atom is -0.121 e. The lowest BCUT2D eigenvalue weighted by Crippen LogP contribution is -2.29. The Bertz CT molecular complexity index is 255. The van der Waals surface area contributed by atoms with E-state index in [0.29, 0.717) is 5.02 Å². The molecule has 1 rings (SSSR count). The van der Waals surface area contributed by atoms with Gasteiger partial charge in [0.25, 0.3) is 0 Å². The molecule has 0 aliphatic carbocycles. The summed E-state index contributed by atoms with van der Waals surface area (Å²) in [5.74, 6) is 0. The summed E-state index contributed by atoms with van der Waals surface area (Å²) in [7, 11) is 0. The van der Waals surface area contributed by atoms with Crippen LogP contribution in [0.1, 0.15) is 0 Å². The van der Waals surface area contributed by atoms with Gasteiger partial charge in [0, 0.05) is 5.02 Å². The second kappa shape index (κ2) is 3.54. The van der Waals surface area contributed by atoms with Crippen LogP contribution >= 0.6 is 44.8 Å². The summed E-state index contributed by atoms with van der Waals surface area (Å²) in [4.78, 5) is 0. The predicted octanol–water partition coefficient (Wildman–Crippen LogP) is 3.20. The van der Waals surface area contributed by atoms with E-state index in [4.69, 9.17) is 44.8 Å². The smallest absolute Gasteiger partial charge is 0.121 e. The highest BCUT2D eigenvalue weighted by Gasteiger charge is 2.27. The van der Waals surface area contributed by atoms with Crippen molar-refractivity contribution in [1.29, 1.82) is 0 Å². The summed E-state index contributed by atoms with van der Waals surface area (Å²) < 4.78 is 0. The number of benzene rings is 1. The van der Waals surface area contributed by atoms with Gasteiger partial charge in [-0.2, -0.15) is 0 Å². The standard InChI is InChI=1S/C6H4Cl4Si/c7-5-2-1-3-6(4-5)11(8,9)10/h1-4H. The Balaban J connectivity index is 3.06.